The predicted molar refractivity (Wildman–Crippen MR) is 117 cm³/mol. The number of rotatable bonds is 5. The van der Waals surface area contributed by atoms with Crippen molar-refractivity contribution in [3.05, 3.63) is 64.7 Å². The third-order valence-corrected chi connectivity index (χ3v) is 5.96. The minimum absolute atomic E-state index is 0.308. The minimum Gasteiger partial charge on any atom is -0.360 e. The molecule has 0 atom stereocenters. The molecule has 0 aliphatic heterocycles. The normalized spacial score (nSPS) is 15.5. The van der Waals surface area contributed by atoms with Crippen LogP contribution in [0, 0.1) is 5.82 Å². The Labute approximate surface area is 177 Å². The Bertz CT molecular complexity index is 743. The Morgan fingerprint density at radius 1 is 1.11 bits per heavy atom. The topological polar surface area (TPSA) is 28.2 Å². The van der Waals surface area contributed by atoms with E-state index in [0.717, 1.165) is 18.4 Å². The van der Waals surface area contributed by atoms with Gasteiger partial charge in [-0.15, -0.1) is 0 Å². The number of hydrogen-bond acceptors (Lipinski definition) is 2. The maximum atomic E-state index is 14.4. The first kappa shape index (κ1) is 21.0. The first-order valence-corrected chi connectivity index (χ1v) is 10.8. The second-order valence-corrected chi connectivity index (χ2v) is 8.20. The van der Waals surface area contributed by atoms with E-state index in [2.05, 4.69) is 10.3 Å². The molecule has 0 saturated heterocycles. The molecule has 0 radical (unpaired) electrons. The smallest absolute Gasteiger partial charge is 0.169 e. The summed E-state index contributed by atoms with van der Waals surface area (Å²) in [4.78, 5) is 6.17. The zero-order valence-corrected chi connectivity index (χ0v) is 17.6. The fraction of sp³-hybridized carbons (Fsp3) is 0.455. The van der Waals surface area contributed by atoms with Crippen molar-refractivity contribution in [2.45, 2.75) is 64.1 Å². The number of nitrogens with zero attached hydrogens (tertiary/aromatic N) is 2. The van der Waals surface area contributed by atoms with Crippen molar-refractivity contribution >= 4 is 28.9 Å². The molecule has 0 amide bonds. The van der Waals surface area contributed by atoms with Crippen LogP contribution in [0.15, 0.2) is 42.7 Å². The quantitative estimate of drug-likeness (QED) is 0.614. The summed E-state index contributed by atoms with van der Waals surface area (Å²) in [7, 11) is 0. The van der Waals surface area contributed by atoms with E-state index in [-0.39, 0.29) is 5.82 Å². The van der Waals surface area contributed by atoms with Crippen LogP contribution < -0.4 is 5.32 Å². The first-order valence-electron chi connectivity index (χ1n) is 10.0. The van der Waals surface area contributed by atoms with Crippen molar-refractivity contribution in [1.82, 2.24) is 15.2 Å². The highest BCUT2D eigenvalue weighted by molar-refractivity contribution is 7.80. The van der Waals surface area contributed by atoms with Crippen LogP contribution in [0.25, 0.3) is 0 Å². The van der Waals surface area contributed by atoms with E-state index in [1.54, 1.807) is 18.3 Å². The van der Waals surface area contributed by atoms with E-state index in [4.69, 9.17) is 23.8 Å². The molecule has 1 aromatic carbocycles. The molecular formula is C22H27ClFN3S. The van der Waals surface area contributed by atoms with Crippen LogP contribution in [0.1, 0.15) is 56.1 Å². The SMILES string of the molecule is Fc1cccc(Cl)c1CN(Cc1cccnc1)C(=S)NC1CCCCCCC1. The van der Waals surface area contributed by atoms with Gasteiger partial charge in [0.1, 0.15) is 5.82 Å². The molecule has 28 heavy (non-hydrogen) atoms. The van der Waals surface area contributed by atoms with Crippen LogP contribution in [0.3, 0.4) is 0 Å². The predicted octanol–water partition coefficient (Wildman–Crippen LogP) is 5.86. The molecule has 1 fully saturated rings. The second kappa shape index (κ2) is 10.7. The lowest BCUT2D eigenvalue weighted by atomic mass is 9.97. The van der Waals surface area contributed by atoms with Crippen molar-refractivity contribution in [3.63, 3.8) is 0 Å². The van der Waals surface area contributed by atoms with Gasteiger partial charge in [0.15, 0.2) is 5.11 Å². The number of pyridine rings is 1. The summed E-state index contributed by atoms with van der Waals surface area (Å²) in [5.74, 6) is -0.308. The maximum absolute atomic E-state index is 14.4. The van der Waals surface area contributed by atoms with Crippen LogP contribution in [0.5, 0.6) is 0 Å². The summed E-state index contributed by atoms with van der Waals surface area (Å²) in [6, 6.07) is 9.05. The monoisotopic (exact) mass is 419 g/mol. The molecule has 1 aliphatic rings. The Balaban J connectivity index is 1.75. The van der Waals surface area contributed by atoms with E-state index >= 15 is 0 Å². The van der Waals surface area contributed by atoms with Crippen molar-refractivity contribution in [2.75, 3.05) is 0 Å². The first-order chi connectivity index (χ1) is 13.6. The number of aromatic nitrogens is 1. The van der Waals surface area contributed by atoms with E-state index < -0.39 is 0 Å². The molecule has 6 heteroatoms. The number of thiocarbonyl (C=S) groups is 1. The highest BCUT2D eigenvalue weighted by Gasteiger charge is 2.19. The largest absolute Gasteiger partial charge is 0.360 e. The van der Waals surface area contributed by atoms with Gasteiger partial charge in [0.2, 0.25) is 0 Å². The molecule has 2 aromatic rings. The average molecular weight is 420 g/mol. The van der Waals surface area contributed by atoms with E-state index in [1.807, 2.05) is 23.2 Å². The van der Waals surface area contributed by atoms with Crippen LogP contribution in [0.4, 0.5) is 4.39 Å². The van der Waals surface area contributed by atoms with Crippen LogP contribution >= 0.6 is 23.8 Å². The van der Waals surface area contributed by atoms with Gasteiger partial charge in [-0.05, 0) is 48.8 Å². The van der Waals surface area contributed by atoms with Gasteiger partial charge in [-0.3, -0.25) is 4.98 Å². The van der Waals surface area contributed by atoms with Crippen LogP contribution in [-0.2, 0) is 13.1 Å². The molecule has 0 spiro atoms. The molecule has 1 aliphatic carbocycles. The lowest BCUT2D eigenvalue weighted by molar-refractivity contribution is 0.365. The summed E-state index contributed by atoms with van der Waals surface area (Å²) >= 11 is 12.0. The number of hydrogen-bond donors (Lipinski definition) is 1. The van der Waals surface area contributed by atoms with Crippen molar-refractivity contribution in [3.8, 4) is 0 Å². The Kier molecular flexibility index (Phi) is 8.04. The number of halogens is 2. The molecule has 1 aromatic heterocycles. The number of benzene rings is 1. The molecular weight excluding hydrogens is 393 g/mol. The van der Waals surface area contributed by atoms with E-state index in [1.165, 1.54) is 38.2 Å². The summed E-state index contributed by atoms with van der Waals surface area (Å²) < 4.78 is 14.4. The van der Waals surface area contributed by atoms with Gasteiger partial charge in [0.05, 0.1) is 0 Å². The third-order valence-electron chi connectivity index (χ3n) is 5.23. The van der Waals surface area contributed by atoms with Gasteiger partial charge in [0.25, 0.3) is 0 Å². The zero-order chi connectivity index (χ0) is 19.8. The second-order valence-electron chi connectivity index (χ2n) is 7.41. The molecule has 3 rings (SSSR count). The van der Waals surface area contributed by atoms with E-state index in [9.17, 15) is 4.39 Å². The Hall–Kier alpha value is -1.72. The standard InChI is InChI=1S/C22H27ClFN3S/c23-20-11-6-12-21(24)19(20)16-27(15-17-8-7-13-25-14-17)22(28)26-18-9-4-2-1-3-5-10-18/h6-8,11-14,18H,1-5,9-10,15-16H2,(H,26,28). The maximum Gasteiger partial charge on any atom is 0.169 e. The lowest BCUT2D eigenvalue weighted by Gasteiger charge is -2.30. The van der Waals surface area contributed by atoms with Gasteiger partial charge in [-0.25, -0.2) is 4.39 Å². The van der Waals surface area contributed by atoms with Gasteiger partial charge >= 0.3 is 0 Å². The third kappa shape index (κ3) is 6.14. The van der Waals surface area contributed by atoms with E-state index in [0.29, 0.717) is 34.8 Å². The Morgan fingerprint density at radius 2 is 1.86 bits per heavy atom. The number of nitrogens with one attached hydrogen (secondary N) is 1. The molecule has 0 unspecified atom stereocenters. The fourth-order valence-electron chi connectivity index (χ4n) is 3.65. The fourth-order valence-corrected chi connectivity index (χ4v) is 4.17. The van der Waals surface area contributed by atoms with Crippen molar-refractivity contribution < 1.29 is 4.39 Å². The van der Waals surface area contributed by atoms with Gasteiger partial charge < -0.3 is 10.2 Å². The van der Waals surface area contributed by atoms with Crippen LogP contribution in [-0.4, -0.2) is 21.0 Å². The molecule has 1 saturated carbocycles. The van der Waals surface area contributed by atoms with Crippen LogP contribution in [0.2, 0.25) is 5.02 Å². The van der Waals surface area contributed by atoms with Crippen molar-refractivity contribution in [2.24, 2.45) is 0 Å². The average Bonchev–Trinajstić information content (AvgIpc) is 2.66. The molecule has 1 N–H and O–H groups in total. The Morgan fingerprint density at radius 3 is 2.54 bits per heavy atom. The molecule has 0 bridgehead atoms. The molecule has 3 nitrogen and oxygen atoms in total. The van der Waals surface area contributed by atoms with Crippen molar-refractivity contribution in [1.29, 1.82) is 0 Å². The highest BCUT2D eigenvalue weighted by Crippen LogP contribution is 2.23. The summed E-state index contributed by atoms with van der Waals surface area (Å²) in [6.07, 6.45) is 12.2. The highest BCUT2D eigenvalue weighted by atomic mass is 35.5. The lowest BCUT2D eigenvalue weighted by Crippen LogP contribution is -2.44. The molecule has 150 valence electrons. The van der Waals surface area contributed by atoms with Gasteiger partial charge in [-0.1, -0.05) is 55.8 Å². The molecule has 1 heterocycles. The zero-order valence-electron chi connectivity index (χ0n) is 16.0. The van der Waals surface area contributed by atoms with Gasteiger partial charge in [-0.2, -0.15) is 0 Å². The summed E-state index contributed by atoms with van der Waals surface area (Å²) in [6.45, 7) is 0.871. The van der Waals surface area contributed by atoms with Gasteiger partial charge in [0, 0.05) is 42.1 Å². The minimum atomic E-state index is -0.308. The summed E-state index contributed by atoms with van der Waals surface area (Å²) in [5, 5.41) is 4.61. The summed E-state index contributed by atoms with van der Waals surface area (Å²) in [5.41, 5.74) is 1.49.